The molecular weight excluding hydrogens is 310 g/mol. The van der Waals surface area contributed by atoms with E-state index in [1.165, 1.54) is 10.9 Å². The summed E-state index contributed by atoms with van der Waals surface area (Å²) in [6, 6.07) is 8.04. The number of carbonyl (C=O) groups is 1. The Morgan fingerprint density at radius 2 is 2.30 bits per heavy atom. The molecule has 1 atom stereocenters. The summed E-state index contributed by atoms with van der Waals surface area (Å²) >= 11 is 6.12. The summed E-state index contributed by atoms with van der Waals surface area (Å²) in [6.45, 7) is 0. The van der Waals surface area contributed by atoms with Crippen molar-refractivity contribution in [2.75, 3.05) is 0 Å². The summed E-state index contributed by atoms with van der Waals surface area (Å²) in [5.74, 6) is 0.0671. The van der Waals surface area contributed by atoms with E-state index < -0.39 is 0 Å². The second kappa shape index (κ2) is 7.06. The number of amides is 1. The fourth-order valence-electron chi connectivity index (χ4n) is 3.34. The summed E-state index contributed by atoms with van der Waals surface area (Å²) < 4.78 is 0. The van der Waals surface area contributed by atoms with Gasteiger partial charge in [-0.05, 0) is 55.9 Å². The first-order valence-electron chi connectivity index (χ1n) is 8.15. The van der Waals surface area contributed by atoms with Gasteiger partial charge in [0.2, 0.25) is 5.91 Å². The van der Waals surface area contributed by atoms with E-state index in [2.05, 4.69) is 16.4 Å². The van der Waals surface area contributed by atoms with E-state index in [0.29, 0.717) is 12.8 Å². The molecule has 5 heteroatoms. The van der Waals surface area contributed by atoms with Crippen molar-refractivity contribution < 1.29 is 4.79 Å². The second-order valence-corrected chi connectivity index (χ2v) is 6.52. The van der Waals surface area contributed by atoms with Crippen LogP contribution in [0, 0.1) is 11.3 Å². The standard InChI is InChI=1S/C18H20ClN3O/c19-12-8-9-15-14(11-12)13-5-4-6-16(18(13)22-15)21-17(23)7-2-1-3-10-20/h8-9,11,16,22H,1-7H2,(H,21,23). The lowest BCUT2D eigenvalue weighted by atomic mass is 9.91. The van der Waals surface area contributed by atoms with Crippen molar-refractivity contribution in [1.82, 2.24) is 10.3 Å². The molecule has 1 amide bonds. The highest BCUT2D eigenvalue weighted by Crippen LogP contribution is 2.35. The average Bonchev–Trinajstić information content (AvgIpc) is 2.91. The van der Waals surface area contributed by atoms with Crippen LogP contribution >= 0.6 is 11.6 Å². The van der Waals surface area contributed by atoms with E-state index in [4.69, 9.17) is 16.9 Å². The van der Waals surface area contributed by atoms with Crippen molar-refractivity contribution in [2.24, 2.45) is 0 Å². The molecule has 1 aromatic carbocycles. The number of nitriles is 1. The molecule has 1 unspecified atom stereocenters. The molecular formula is C18H20ClN3O. The van der Waals surface area contributed by atoms with E-state index in [0.717, 1.165) is 48.3 Å². The maximum Gasteiger partial charge on any atom is 0.220 e. The van der Waals surface area contributed by atoms with Crippen LogP contribution < -0.4 is 5.32 Å². The molecule has 2 N–H and O–H groups in total. The number of rotatable bonds is 5. The molecule has 0 spiro atoms. The highest BCUT2D eigenvalue weighted by molar-refractivity contribution is 6.31. The zero-order valence-electron chi connectivity index (χ0n) is 13.0. The topological polar surface area (TPSA) is 68.7 Å². The minimum Gasteiger partial charge on any atom is -0.356 e. The normalized spacial score (nSPS) is 16.8. The number of benzene rings is 1. The Labute approximate surface area is 140 Å². The van der Waals surface area contributed by atoms with Crippen LogP contribution in [0.4, 0.5) is 0 Å². The lowest BCUT2D eigenvalue weighted by Crippen LogP contribution is -2.30. The van der Waals surface area contributed by atoms with Crippen LogP contribution in [0.5, 0.6) is 0 Å². The monoisotopic (exact) mass is 329 g/mol. The van der Waals surface area contributed by atoms with Crippen LogP contribution in [0.15, 0.2) is 18.2 Å². The number of carbonyl (C=O) groups excluding carboxylic acids is 1. The Kier molecular flexibility index (Phi) is 4.88. The number of halogens is 1. The van der Waals surface area contributed by atoms with Crippen LogP contribution in [0.2, 0.25) is 5.02 Å². The van der Waals surface area contributed by atoms with Crippen molar-refractivity contribution in [2.45, 2.75) is 51.0 Å². The Morgan fingerprint density at radius 1 is 1.43 bits per heavy atom. The zero-order valence-corrected chi connectivity index (χ0v) is 13.7. The Bertz CT molecular complexity index is 759. The van der Waals surface area contributed by atoms with Gasteiger partial charge in [-0.1, -0.05) is 11.6 Å². The molecule has 1 aromatic heterocycles. The third kappa shape index (κ3) is 3.51. The Balaban J connectivity index is 1.73. The summed E-state index contributed by atoms with van der Waals surface area (Å²) in [5, 5.41) is 13.6. The molecule has 0 fully saturated rings. The lowest BCUT2D eigenvalue weighted by molar-refractivity contribution is -0.122. The predicted octanol–water partition coefficient (Wildman–Crippen LogP) is 4.40. The van der Waals surface area contributed by atoms with Crippen LogP contribution in [-0.4, -0.2) is 10.9 Å². The van der Waals surface area contributed by atoms with E-state index in [1.807, 2.05) is 18.2 Å². The smallest absolute Gasteiger partial charge is 0.220 e. The Hall–Kier alpha value is -1.99. The molecule has 1 aliphatic rings. The number of unbranched alkanes of at least 4 members (excludes halogenated alkanes) is 2. The minimum atomic E-state index is 0.0494. The van der Waals surface area contributed by atoms with Crippen LogP contribution in [-0.2, 0) is 11.2 Å². The second-order valence-electron chi connectivity index (χ2n) is 6.08. The van der Waals surface area contributed by atoms with Crippen LogP contribution in [0.1, 0.15) is 55.8 Å². The molecule has 0 saturated heterocycles. The van der Waals surface area contributed by atoms with Gasteiger partial charge >= 0.3 is 0 Å². The molecule has 0 saturated carbocycles. The third-order valence-corrected chi connectivity index (χ3v) is 4.68. The first-order valence-corrected chi connectivity index (χ1v) is 8.53. The van der Waals surface area contributed by atoms with Gasteiger partial charge in [0, 0.05) is 34.5 Å². The molecule has 4 nitrogen and oxygen atoms in total. The fourth-order valence-corrected chi connectivity index (χ4v) is 3.51. The third-order valence-electron chi connectivity index (χ3n) is 4.45. The van der Waals surface area contributed by atoms with Gasteiger partial charge in [-0.15, -0.1) is 0 Å². The predicted molar refractivity (Wildman–Crippen MR) is 91.2 cm³/mol. The first-order chi connectivity index (χ1) is 11.2. The van der Waals surface area contributed by atoms with Gasteiger partial charge < -0.3 is 10.3 Å². The Morgan fingerprint density at radius 3 is 3.13 bits per heavy atom. The number of nitrogens with one attached hydrogen (secondary N) is 2. The number of H-pyrrole nitrogens is 1. The van der Waals surface area contributed by atoms with Crippen LogP contribution in [0.3, 0.4) is 0 Å². The maximum atomic E-state index is 12.1. The number of fused-ring (bicyclic) bond motifs is 3. The SMILES string of the molecule is N#CCCCCC(=O)NC1CCCc2c1[nH]c1ccc(Cl)cc21. The number of hydrogen-bond donors (Lipinski definition) is 2. The van der Waals surface area contributed by atoms with Crippen molar-refractivity contribution in [3.05, 3.63) is 34.5 Å². The van der Waals surface area contributed by atoms with Gasteiger partial charge in [-0.25, -0.2) is 0 Å². The fraction of sp³-hybridized carbons (Fsp3) is 0.444. The lowest BCUT2D eigenvalue weighted by Gasteiger charge is -2.23. The largest absolute Gasteiger partial charge is 0.356 e. The average molecular weight is 330 g/mol. The van der Waals surface area contributed by atoms with E-state index in [9.17, 15) is 4.79 Å². The van der Waals surface area contributed by atoms with Gasteiger partial charge in [0.15, 0.2) is 0 Å². The number of aromatic nitrogens is 1. The molecule has 3 rings (SSSR count). The minimum absolute atomic E-state index is 0.0494. The molecule has 1 heterocycles. The summed E-state index contributed by atoms with van der Waals surface area (Å²) in [6.07, 6.45) is 5.59. The first kappa shape index (κ1) is 15.9. The molecule has 2 aromatic rings. The summed E-state index contributed by atoms with van der Waals surface area (Å²) in [7, 11) is 0. The highest BCUT2D eigenvalue weighted by atomic mass is 35.5. The molecule has 0 bridgehead atoms. The molecule has 1 aliphatic carbocycles. The van der Waals surface area contributed by atoms with E-state index in [1.54, 1.807) is 0 Å². The number of nitrogens with zero attached hydrogens (tertiary/aromatic N) is 1. The van der Waals surface area contributed by atoms with Crippen LogP contribution in [0.25, 0.3) is 10.9 Å². The van der Waals surface area contributed by atoms with Gasteiger partial charge in [0.05, 0.1) is 12.1 Å². The summed E-state index contributed by atoms with van der Waals surface area (Å²) in [5.41, 5.74) is 3.48. The molecule has 0 aliphatic heterocycles. The molecule has 23 heavy (non-hydrogen) atoms. The number of aryl methyl sites for hydroxylation is 1. The van der Waals surface area contributed by atoms with Gasteiger partial charge in [0.25, 0.3) is 0 Å². The number of hydrogen-bond acceptors (Lipinski definition) is 2. The van der Waals surface area contributed by atoms with E-state index in [-0.39, 0.29) is 11.9 Å². The molecule has 0 radical (unpaired) electrons. The number of aromatic amines is 1. The zero-order chi connectivity index (χ0) is 16.2. The maximum absolute atomic E-state index is 12.1. The van der Waals surface area contributed by atoms with Gasteiger partial charge in [-0.3, -0.25) is 4.79 Å². The van der Waals surface area contributed by atoms with Gasteiger partial charge in [-0.2, -0.15) is 5.26 Å². The van der Waals surface area contributed by atoms with Crippen molar-refractivity contribution in [3.8, 4) is 6.07 Å². The van der Waals surface area contributed by atoms with Crippen molar-refractivity contribution >= 4 is 28.4 Å². The summed E-state index contributed by atoms with van der Waals surface area (Å²) in [4.78, 5) is 15.6. The van der Waals surface area contributed by atoms with E-state index >= 15 is 0 Å². The molecule has 120 valence electrons. The highest BCUT2D eigenvalue weighted by Gasteiger charge is 2.25. The van der Waals surface area contributed by atoms with Gasteiger partial charge in [0.1, 0.15) is 0 Å². The van der Waals surface area contributed by atoms with Crippen molar-refractivity contribution in [3.63, 3.8) is 0 Å². The van der Waals surface area contributed by atoms with Crippen molar-refractivity contribution in [1.29, 1.82) is 5.26 Å². The quantitative estimate of drug-likeness (QED) is 0.798.